The van der Waals surface area contributed by atoms with Gasteiger partial charge >= 0.3 is 0 Å². The van der Waals surface area contributed by atoms with Crippen molar-refractivity contribution in [1.29, 1.82) is 0 Å². The lowest BCUT2D eigenvalue weighted by Crippen LogP contribution is -2.25. The van der Waals surface area contributed by atoms with Crippen molar-refractivity contribution in [2.24, 2.45) is 0 Å². The van der Waals surface area contributed by atoms with Gasteiger partial charge in [0.15, 0.2) is 5.78 Å². The standard InChI is InChI=1S/C14H12Br3NOS/c1-18(7-9-3-2-4-10(15)5-9)8-12(19)11-6-13(16)20-14(11)17/h2-6H,7-8H2,1H3. The predicted octanol–water partition coefficient (Wildman–Crippen LogP) is 5.35. The maximum absolute atomic E-state index is 12.3. The van der Waals surface area contributed by atoms with E-state index in [4.69, 9.17) is 0 Å². The van der Waals surface area contributed by atoms with Gasteiger partial charge in [0.2, 0.25) is 0 Å². The molecule has 0 saturated heterocycles. The zero-order chi connectivity index (χ0) is 14.7. The summed E-state index contributed by atoms with van der Waals surface area (Å²) in [4.78, 5) is 14.3. The average Bonchev–Trinajstić information content (AvgIpc) is 2.68. The van der Waals surface area contributed by atoms with Crippen molar-refractivity contribution in [2.45, 2.75) is 6.54 Å². The first-order valence-corrected chi connectivity index (χ1v) is 9.06. The van der Waals surface area contributed by atoms with Gasteiger partial charge in [-0.1, -0.05) is 28.1 Å². The summed E-state index contributed by atoms with van der Waals surface area (Å²) in [6.07, 6.45) is 0. The minimum absolute atomic E-state index is 0.122. The number of likely N-dealkylation sites (N-methyl/N-ethyl adjacent to an activating group) is 1. The minimum Gasteiger partial charge on any atom is -0.295 e. The van der Waals surface area contributed by atoms with E-state index in [1.165, 1.54) is 16.9 Å². The van der Waals surface area contributed by atoms with Gasteiger partial charge < -0.3 is 0 Å². The molecule has 0 aliphatic heterocycles. The van der Waals surface area contributed by atoms with Crippen molar-refractivity contribution in [1.82, 2.24) is 4.90 Å². The van der Waals surface area contributed by atoms with Crippen LogP contribution in [0.4, 0.5) is 0 Å². The van der Waals surface area contributed by atoms with Crippen LogP contribution in [-0.4, -0.2) is 24.3 Å². The molecule has 1 aromatic carbocycles. The van der Waals surface area contributed by atoms with Crippen LogP contribution >= 0.6 is 59.1 Å². The van der Waals surface area contributed by atoms with E-state index < -0.39 is 0 Å². The number of carbonyl (C=O) groups excluding carboxylic acids is 1. The molecule has 0 amide bonds. The molecule has 0 radical (unpaired) electrons. The van der Waals surface area contributed by atoms with Crippen LogP contribution in [0.5, 0.6) is 0 Å². The van der Waals surface area contributed by atoms with E-state index in [9.17, 15) is 4.79 Å². The van der Waals surface area contributed by atoms with Crippen molar-refractivity contribution in [3.8, 4) is 0 Å². The number of Topliss-reactive ketones (excluding diaryl/α,β-unsaturated/α-hetero) is 1. The average molecular weight is 482 g/mol. The van der Waals surface area contributed by atoms with Crippen LogP contribution in [-0.2, 0) is 6.54 Å². The number of halogens is 3. The highest BCUT2D eigenvalue weighted by Crippen LogP contribution is 2.32. The Morgan fingerprint density at radius 1 is 1.25 bits per heavy atom. The second-order valence-electron chi connectivity index (χ2n) is 4.46. The van der Waals surface area contributed by atoms with Crippen LogP contribution in [0.3, 0.4) is 0 Å². The molecule has 106 valence electrons. The van der Waals surface area contributed by atoms with Gasteiger partial charge in [-0.25, -0.2) is 0 Å². The summed E-state index contributed by atoms with van der Waals surface area (Å²) in [6.45, 7) is 1.14. The van der Waals surface area contributed by atoms with Crippen LogP contribution in [0.15, 0.2) is 42.4 Å². The van der Waals surface area contributed by atoms with Crippen molar-refractivity contribution in [3.63, 3.8) is 0 Å². The Labute approximate surface area is 147 Å². The van der Waals surface area contributed by atoms with E-state index in [1.807, 2.05) is 30.1 Å². The molecule has 0 bridgehead atoms. The minimum atomic E-state index is 0.122. The summed E-state index contributed by atoms with van der Waals surface area (Å²) >= 11 is 11.8. The quantitative estimate of drug-likeness (QED) is 0.536. The first kappa shape index (κ1) is 16.4. The van der Waals surface area contributed by atoms with Crippen LogP contribution in [0.2, 0.25) is 0 Å². The third-order valence-electron chi connectivity index (χ3n) is 2.71. The van der Waals surface area contributed by atoms with Gasteiger partial charge in [0, 0.05) is 16.6 Å². The first-order valence-electron chi connectivity index (χ1n) is 5.86. The van der Waals surface area contributed by atoms with E-state index in [2.05, 4.69) is 59.9 Å². The lowest BCUT2D eigenvalue weighted by molar-refractivity contribution is 0.0943. The van der Waals surface area contributed by atoms with Gasteiger partial charge in [-0.2, -0.15) is 0 Å². The highest BCUT2D eigenvalue weighted by atomic mass is 79.9. The summed E-state index contributed by atoms with van der Waals surface area (Å²) in [5.74, 6) is 0.122. The Morgan fingerprint density at radius 2 is 2.00 bits per heavy atom. The van der Waals surface area contributed by atoms with Gasteiger partial charge in [-0.05, 0) is 62.7 Å². The van der Waals surface area contributed by atoms with Crippen molar-refractivity contribution < 1.29 is 4.79 Å². The Bertz CT molecular complexity index is 627. The van der Waals surface area contributed by atoms with Gasteiger partial charge in [0.05, 0.1) is 14.1 Å². The van der Waals surface area contributed by atoms with Crippen LogP contribution < -0.4 is 0 Å². The number of hydrogen-bond donors (Lipinski definition) is 0. The largest absolute Gasteiger partial charge is 0.295 e. The summed E-state index contributed by atoms with van der Waals surface area (Å²) in [5.41, 5.74) is 1.92. The topological polar surface area (TPSA) is 20.3 Å². The lowest BCUT2D eigenvalue weighted by Gasteiger charge is -2.15. The molecule has 0 N–H and O–H groups in total. The maximum Gasteiger partial charge on any atom is 0.178 e. The third-order valence-corrected chi connectivity index (χ3v) is 5.54. The molecule has 0 fully saturated rings. The number of nitrogens with zero attached hydrogens (tertiary/aromatic N) is 1. The Morgan fingerprint density at radius 3 is 2.60 bits per heavy atom. The van der Waals surface area contributed by atoms with E-state index in [-0.39, 0.29) is 5.78 Å². The Hall–Kier alpha value is -0.0100. The van der Waals surface area contributed by atoms with Crippen LogP contribution in [0.25, 0.3) is 0 Å². The molecule has 0 aliphatic carbocycles. The van der Waals surface area contributed by atoms with Gasteiger partial charge in [-0.15, -0.1) is 11.3 Å². The first-order chi connectivity index (χ1) is 9.45. The molecule has 2 aromatic rings. The molecule has 2 rings (SSSR count). The second kappa shape index (κ2) is 7.31. The normalized spacial score (nSPS) is 11.1. The molecule has 2 nitrogen and oxygen atoms in total. The number of hydrogen-bond acceptors (Lipinski definition) is 3. The summed E-state index contributed by atoms with van der Waals surface area (Å²) in [5, 5.41) is 0. The summed E-state index contributed by atoms with van der Waals surface area (Å²) in [6, 6.07) is 9.99. The fraction of sp³-hybridized carbons (Fsp3) is 0.214. The van der Waals surface area contributed by atoms with Crippen molar-refractivity contribution in [2.75, 3.05) is 13.6 Å². The van der Waals surface area contributed by atoms with E-state index in [0.717, 1.165) is 24.2 Å². The SMILES string of the molecule is CN(CC(=O)c1cc(Br)sc1Br)Cc1cccc(Br)c1. The number of ketones is 1. The molecule has 20 heavy (non-hydrogen) atoms. The van der Waals surface area contributed by atoms with Crippen LogP contribution in [0.1, 0.15) is 15.9 Å². The number of thiophene rings is 1. The monoisotopic (exact) mass is 479 g/mol. The van der Waals surface area contributed by atoms with E-state index in [1.54, 1.807) is 0 Å². The smallest absolute Gasteiger partial charge is 0.178 e. The molecular weight excluding hydrogens is 470 g/mol. The Kier molecular flexibility index (Phi) is 5.98. The number of benzene rings is 1. The maximum atomic E-state index is 12.3. The highest BCUT2D eigenvalue weighted by Gasteiger charge is 2.15. The lowest BCUT2D eigenvalue weighted by atomic mass is 10.2. The molecule has 6 heteroatoms. The zero-order valence-corrected chi connectivity index (χ0v) is 16.3. The molecule has 0 atom stereocenters. The molecule has 1 aromatic heterocycles. The highest BCUT2D eigenvalue weighted by molar-refractivity contribution is 9.12. The third kappa shape index (κ3) is 4.49. The van der Waals surface area contributed by atoms with E-state index in [0.29, 0.717) is 6.54 Å². The fourth-order valence-electron chi connectivity index (χ4n) is 1.86. The molecule has 0 unspecified atom stereocenters. The van der Waals surface area contributed by atoms with Crippen molar-refractivity contribution >= 4 is 64.9 Å². The second-order valence-corrected chi connectivity index (χ2v) is 9.13. The summed E-state index contributed by atoms with van der Waals surface area (Å²) < 4.78 is 2.90. The zero-order valence-electron chi connectivity index (χ0n) is 10.7. The molecule has 0 saturated carbocycles. The molecule has 0 aliphatic rings. The van der Waals surface area contributed by atoms with Gasteiger partial charge in [0.25, 0.3) is 0 Å². The summed E-state index contributed by atoms with van der Waals surface area (Å²) in [7, 11) is 1.95. The predicted molar refractivity (Wildman–Crippen MR) is 94.5 cm³/mol. The fourth-order valence-corrected chi connectivity index (χ4v) is 5.17. The molecule has 1 heterocycles. The number of rotatable bonds is 5. The molecule has 0 spiro atoms. The van der Waals surface area contributed by atoms with Crippen molar-refractivity contribution in [3.05, 3.63) is 53.5 Å². The number of carbonyl (C=O) groups is 1. The van der Waals surface area contributed by atoms with Gasteiger partial charge in [-0.3, -0.25) is 9.69 Å². The van der Waals surface area contributed by atoms with Gasteiger partial charge in [0.1, 0.15) is 0 Å². The molecular formula is C14H12Br3NOS. The van der Waals surface area contributed by atoms with Crippen LogP contribution in [0, 0.1) is 0 Å². The van der Waals surface area contributed by atoms with E-state index >= 15 is 0 Å². The Balaban J connectivity index is 1.99.